The molecule has 0 spiro atoms. The van der Waals surface area contributed by atoms with Crippen molar-refractivity contribution in [2.45, 2.75) is 25.8 Å². The lowest BCUT2D eigenvalue weighted by Crippen LogP contribution is -2.30. The maximum atomic E-state index is 14.6. The van der Waals surface area contributed by atoms with Gasteiger partial charge in [0.25, 0.3) is 5.91 Å². The molecule has 5 nitrogen and oxygen atoms in total. The first-order valence-electron chi connectivity index (χ1n) is 9.65. The molecule has 3 amide bonds. The number of urea groups is 1. The van der Waals surface area contributed by atoms with Crippen LogP contribution in [0.25, 0.3) is 6.08 Å². The van der Waals surface area contributed by atoms with Gasteiger partial charge in [-0.1, -0.05) is 24.3 Å². The van der Waals surface area contributed by atoms with Gasteiger partial charge >= 0.3 is 6.03 Å². The molecule has 29 heavy (non-hydrogen) atoms. The predicted octanol–water partition coefficient (Wildman–Crippen LogP) is 4.05. The van der Waals surface area contributed by atoms with Gasteiger partial charge in [0.1, 0.15) is 17.3 Å². The lowest BCUT2D eigenvalue weighted by Gasteiger charge is -2.29. The third-order valence-corrected chi connectivity index (χ3v) is 5.23. The predicted molar refractivity (Wildman–Crippen MR) is 106 cm³/mol. The summed E-state index contributed by atoms with van der Waals surface area (Å²) in [7, 11) is 0. The normalized spacial score (nSPS) is 18.5. The summed E-state index contributed by atoms with van der Waals surface area (Å²) in [5.74, 6) is -1.42. The molecule has 2 aliphatic heterocycles. The monoisotopic (exact) mass is 397 g/mol. The Bertz CT molecular complexity index is 984. The number of imide groups is 1. The van der Waals surface area contributed by atoms with Crippen molar-refractivity contribution in [1.29, 1.82) is 0 Å². The zero-order chi connectivity index (χ0) is 20.4. The number of nitrogens with zero attached hydrogens (tertiary/aromatic N) is 2. The molecule has 0 saturated carbocycles. The third-order valence-electron chi connectivity index (χ3n) is 5.23. The van der Waals surface area contributed by atoms with Gasteiger partial charge in [0.15, 0.2) is 0 Å². The molecule has 2 aromatic carbocycles. The molecule has 0 bridgehead atoms. The summed E-state index contributed by atoms with van der Waals surface area (Å²) in [6.45, 7) is 1.49. The van der Waals surface area contributed by atoms with Crippen LogP contribution in [-0.4, -0.2) is 29.9 Å². The molecular formula is C22H21F2N3O2. The number of benzene rings is 2. The zero-order valence-corrected chi connectivity index (χ0v) is 15.8. The van der Waals surface area contributed by atoms with E-state index in [1.807, 2.05) is 4.90 Å². The quantitative estimate of drug-likeness (QED) is 0.626. The Hall–Kier alpha value is -3.22. The summed E-state index contributed by atoms with van der Waals surface area (Å²) >= 11 is 0. The van der Waals surface area contributed by atoms with Gasteiger partial charge in [0.05, 0.1) is 12.2 Å². The summed E-state index contributed by atoms with van der Waals surface area (Å²) in [6.07, 6.45) is 4.69. The Morgan fingerprint density at radius 2 is 1.72 bits per heavy atom. The van der Waals surface area contributed by atoms with Gasteiger partial charge in [0.2, 0.25) is 0 Å². The third kappa shape index (κ3) is 3.99. The van der Waals surface area contributed by atoms with Crippen LogP contribution in [0.3, 0.4) is 0 Å². The first-order chi connectivity index (χ1) is 14.0. The molecule has 0 aromatic heterocycles. The van der Waals surface area contributed by atoms with Gasteiger partial charge in [-0.25, -0.2) is 13.6 Å². The van der Waals surface area contributed by atoms with Crippen LogP contribution in [0.15, 0.2) is 48.2 Å². The van der Waals surface area contributed by atoms with Crippen molar-refractivity contribution in [3.05, 3.63) is 70.9 Å². The standard InChI is InChI=1S/C22H21F2N3O2/c23-17-7-3-2-6-16(17)14-27-21(28)19(25-22(27)29)13-15-8-9-20(18(24)12-15)26-10-4-1-5-11-26/h2-3,6-9,12-13H,1,4-5,10-11,14H2,(H,25,29)/b19-13+. The van der Waals surface area contributed by atoms with E-state index in [9.17, 15) is 18.4 Å². The molecule has 7 heteroatoms. The Balaban J connectivity index is 1.52. The fourth-order valence-electron chi connectivity index (χ4n) is 3.68. The van der Waals surface area contributed by atoms with E-state index in [2.05, 4.69) is 5.32 Å². The highest BCUT2D eigenvalue weighted by Gasteiger charge is 2.34. The van der Waals surface area contributed by atoms with Gasteiger partial charge in [-0.05, 0) is 49.1 Å². The average molecular weight is 397 g/mol. The molecule has 2 saturated heterocycles. The topological polar surface area (TPSA) is 52.7 Å². The summed E-state index contributed by atoms with van der Waals surface area (Å²) < 4.78 is 28.4. The molecule has 2 heterocycles. The number of rotatable bonds is 4. The molecule has 4 rings (SSSR count). The average Bonchev–Trinajstić information content (AvgIpc) is 2.98. The largest absolute Gasteiger partial charge is 0.369 e. The lowest BCUT2D eigenvalue weighted by atomic mass is 10.1. The minimum absolute atomic E-state index is 0.0384. The molecule has 2 aromatic rings. The number of carbonyl (C=O) groups excluding carboxylic acids is 2. The Kier molecular flexibility index (Phi) is 5.29. The van der Waals surface area contributed by atoms with E-state index in [0.29, 0.717) is 11.3 Å². The number of hydrogen-bond donors (Lipinski definition) is 1. The minimum atomic E-state index is -0.630. The number of anilines is 1. The van der Waals surface area contributed by atoms with Gasteiger partial charge in [-0.3, -0.25) is 9.69 Å². The molecule has 150 valence electrons. The minimum Gasteiger partial charge on any atom is -0.369 e. The number of hydrogen-bond acceptors (Lipinski definition) is 3. The summed E-state index contributed by atoms with van der Waals surface area (Å²) in [4.78, 5) is 27.7. The maximum Gasteiger partial charge on any atom is 0.329 e. The van der Waals surface area contributed by atoms with Crippen LogP contribution in [0.2, 0.25) is 0 Å². The van der Waals surface area contributed by atoms with Crippen molar-refractivity contribution in [1.82, 2.24) is 10.2 Å². The first-order valence-corrected chi connectivity index (χ1v) is 9.65. The first kappa shape index (κ1) is 19.1. The van der Waals surface area contributed by atoms with E-state index in [1.54, 1.807) is 18.2 Å². The number of halogens is 2. The second kappa shape index (κ2) is 8.03. The molecule has 0 radical (unpaired) electrons. The number of nitrogens with one attached hydrogen (secondary N) is 1. The Morgan fingerprint density at radius 1 is 0.966 bits per heavy atom. The smallest absolute Gasteiger partial charge is 0.329 e. The van der Waals surface area contributed by atoms with Crippen LogP contribution >= 0.6 is 0 Å². The maximum absolute atomic E-state index is 14.6. The molecule has 0 unspecified atom stereocenters. The second-order valence-corrected chi connectivity index (χ2v) is 7.23. The van der Waals surface area contributed by atoms with Crippen molar-refractivity contribution < 1.29 is 18.4 Å². The number of amides is 3. The van der Waals surface area contributed by atoms with Crippen molar-refractivity contribution in [3.63, 3.8) is 0 Å². The fraction of sp³-hybridized carbons (Fsp3) is 0.273. The van der Waals surface area contributed by atoms with E-state index < -0.39 is 17.8 Å². The van der Waals surface area contributed by atoms with Gasteiger partial charge in [-0.15, -0.1) is 0 Å². The Labute approximate surface area is 167 Å². The van der Waals surface area contributed by atoms with Crippen LogP contribution < -0.4 is 10.2 Å². The molecule has 2 fully saturated rings. The highest BCUT2D eigenvalue weighted by atomic mass is 19.1. The van der Waals surface area contributed by atoms with Gasteiger partial charge in [0, 0.05) is 18.7 Å². The summed E-state index contributed by atoms with van der Waals surface area (Å²) in [6, 6.07) is 10.1. The van der Waals surface area contributed by atoms with Crippen LogP contribution in [0, 0.1) is 11.6 Å². The molecule has 2 aliphatic rings. The van der Waals surface area contributed by atoms with E-state index in [1.165, 1.54) is 30.3 Å². The highest BCUT2D eigenvalue weighted by Crippen LogP contribution is 2.25. The van der Waals surface area contributed by atoms with Crippen molar-refractivity contribution in [3.8, 4) is 0 Å². The van der Waals surface area contributed by atoms with Crippen LogP contribution in [-0.2, 0) is 11.3 Å². The van der Waals surface area contributed by atoms with Crippen molar-refractivity contribution in [2.24, 2.45) is 0 Å². The van der Waals surface area contributed by atoms with Crippen molar-refractivity contribution in [2.75, 3.05) is 18.0 Å². The molecule has 0 atom stereocenters. The SMILES string of the molecule is O=C1N/C(=C/c2ccc(N3CCCCC3)c(F)c2)C(=O)N1Cc1ccccc1F. The van der Waals surface area contributed by atoms with E-state index >= 15 is 0 Å². The number of carbonyl (C=O) groups is 2. The van der Waals surface area contributed by atoms with E-state index in [4.69, 9.17) is 0 Å². The summed E-state index contributed by atoms with van der Waals surface area (Å²) in [5.41, 5.74) is 1.31. The number of piperidine rings is 1. The second-order valence-electron chi connectivity index (χ2n) is 7.23. The van der Waals surface area contributed by atoms with Gasteiger partial charge < -0.3 is 10.2 Å². The van der Waals surface area contributed by atoms with Gasteiger partial charge in [-0.2, -0.15) is 0 Å². The molecule has 1 N–H and O–H groups in total. The lowest BCUT2D eigenvalue weighted by molar-refractivity contribution is -0.123. The van der Waals surface area contributed by atoms with Crippen LogP contribution in [0.4, 0.5) is 19.3 Å². The fourth-order valence-corrected chi connectivity index (χ4v) is 3.68. The van der Waals surface area contributed by atoms with Crippen molar-refractivity contribution >= 4 is 23.7 Å². The molecule has 0 aliphatic carbocycles. The van der Waals surface area contributed by atoms with Crippen LogP contribution in [0.1, 0.15) is 30.4 Å². The van der Waals surface area contributed by atoms with Crippen LogP contribution in [0.5, 0.6) is 0 Å². The molecular weight excluding hydrogens is 376 g/mol. The highest BCUT2D eigenvalue weighted by molar-refractivity contribution is 6.13. The van der Waals surface area contributed by atoms with E-state index in [-0.39, 0.29) is 23.6 Å². The summed E-state index contributed by atoms with van der Waals surface area (Å²) in [5, 5.41) is 2.48. The zero-order valence-electron chi connectivity index (χ0n) is 15.8. The Morgan fingerprint density at radius 3 is 2.45 bits per heavy atom. The van der Waals surface area contributed by atoms with E-state index in [0.717, 1.165) is 37.3 Å².